The van der Waals surface area contributed by atoms with Crippen molar-refractivity contribution in [3.05, 3.63) is 93.6 Å². The van der Waals surface area contributed by atoms with E-state index in [9.17, 15) is 4.79 Å². The van der Waals surface area contributed by atoms with Crippen molar-refractivity contribution in [2.75, 3.05) is 0 Å². The van der Waals surface area contributed by atoms with Crippen LogP contribution >= 0.6 is 11.3 Å². The quantitative estimate of drug-likeness (QED) is 0.489. The van der Waals surface area contributed by atoms with Gasteiger partial charge in [0.25, 0.3) is 5.56 Å². The Morgan fingerprint density at radius 1 is 1.04 bits per heavy atom. The van der Waals surface area contributed by atoms with E-state index in [1.165, 1.54) is 11.3 Å². The first-order chi connectivity index (χ1) is 13.7. The topological polar surface area (TPSA) is 62.5 Å². The summed E-state index contributed by atoms with van der Waals surface area (Å²) in [7, 11) is 0. The highest BCUT2D eigenvalue weighted by Crippen LogP contribution is 2.27. The maximum absolute atomic E-state index is 13.0. The minimum absolute atomic E-state index is 0.132. The molecule has 0 spiro atoms. The lowest BCUT2D eigenvalue weighted by Gasteiger charge is -2.03. The van der Waals surface area contributed by atoms with Crippen molar-refractivity contribution < 1.29 is 0 Å². The van der Waals surface area contributed by atoms with Crippen molar-refractivity contribution >= 4 is 33.7 Å². The molecule has 1 N–H and O–H groups in total. The summed E-state index contributed by atoms with van der Waals surface area (Å²) in [5, 5.41) is 0. The fourth-order valence-electron chi connectivity index (χ4n) is 3.30. The van der Waals surface area contributed by atoms with Gasteiger partial charge in [0.2, 0.25) is 0 Å². The van der Waals surface area contributed by atoms with Crippen molar-refractivity contribution in [1.82, 2.24) is 14.4 Å². The van der Waals surface area contributed by atoms with Crippen LogP contribution in [0.1, 0.15) is 5.56 Å². The minimum Gasteiger partial charge on any atom is -0.319 e. The van der Waals surface area contributed by atoms with Gasteiger partial charge in [-0.25, -0.2) is 9.98 Å². The first kappa shape index (κ1) is 16.6. The number of aryl methyl sites for hydroxylation is 1. The highest BCUT2D eigenvalue weighted by Gasteiger charge is 2.15. The molecule has 5 aromatic rings. The first-order valence-electron chi connectivity index (χ1n) is 8.90. The van der Waals surface area contributed by atoms with Crippen LogP contribution in [-0.2, 0) is 0 Å². The van der Waals surface area contributed by atoms with Gasteiger partial charge in [-0.1, -0.05) is 53.8 Å². The Morgan fingerprint density at radius 2 is 1.82 bits per heavy atom. The van der Waals surface area contributed by atoms with Gasteiger partial charge in [-0.15, -0.1) is 0 Å². The van der Waals surface area contributed by atoms with Crippen LogP contribution in [0.4, 0.5) is 5.82 Å². The third kappa shape index (κ3) is 2.75. The Kier molecular flexibility index (Phi) is 3.91. The standard InChI is InChI=1S/C22H16N4OS/c1-14-11-12-23-18(13-14)25-22-26-17-10-6-5-9-16(17)24-21(27)19(26)20(28-22)15-7-3-2-4-8-15/h2-13H,1H3,(H,24,27)/b25-22-. The molecule has 0 aliphatic heterocycles. The number of para-hydroxylation sites is 2. The molecule has 0 bridgehead atoms. The lowest BCUT2D eigenvalue weighted by atomic mass is 10.2. The third-order valence-corrected chi connectivity index (χ3v) is 5.67. The first-order valence-corrected chi connectivity index (χ1v) is 9.72. The van der Waals surface area contributed by atoms with Gasteiger partial charge in [0.15, 0.2) is 10.6 Å². The monoisotopic (exact) mass is 384 g/mol. The molecule has 28 heavy (non-hydrogen) atoms. The number of rotatable bonds is 2. The molecule has 5 rings (SSSR count). The minimum atomic E-state index is -0.132. The van der Waals surface area contributed by atoms with Gasteiger partial charge < -0.3 is 4.98 Å². The molecule has 3 aromatic heterocycles. The summed E-state index contributed by atoms with van der Waals surface area (Å²) in [6, 6.07) is 21.6. The lowest BCUT2D eigenvalue weighted by Crippen LogP contribution is -2.16. The van der Waals surface area contributed by atoms with E-state index in [2.05, 4.69) is 9.97 Å². The van der Waals surface area contributed by atoms with Gasteiger partial charge in [0.05, 0.1) is 15.9 Å². The smallest absolute Gasteiger partial charge is 0.274 e. The van der Waals surface area contributed by atoms with Crippen LogP contribution in [0.15, 0.2) is 82.7 Å². The van der Waals surface area contributed by atoms with E-state index in [1.54, 1.807) is 6.20 Å². The molecule has 3 heterocycles. The van der Waals surface area contributed by atoms with Crippen molar-refractivity contribution in [1.29, 1.82) is 0 Å². The summed E-state index contributed by atoms with van der Waals surface area (Å²) in [4.78, 5) is 26.7. The van der Waals surface area contributed by atoms with E-state index in [1.807, 2.05) is 78.1 Å². The van der Waals surface area contributed by atoms with Gasteiger partial charge in [-0.3, -0.25) is 9.20 Å². The van der Waals surface area contributed by atoms with E-state index < -0.39 is 0 Å². The number of nitrogens with one attached hydrogen (secondary N) is 1. The van der Waals surface area contributed by atoms with E-state index >= 15 is 0 Å². The van der Waals surface area contributed by atoms with Crippen LogP contribution < -0.4 is 10.4 Å². The van der Waals surface area contributed by atoms with Gasteiger partial charge in [0, 0.05) is 6.20 Å². The molecule has 0 fully saturated rings. The number of thiazole rings is 1. The number of benzene rings is 2. The Morgan fingerprint density at radius 3 is 2.64 bits per heavy atom. The maximum atomic E-state index is 13.0. The molecule has 0 saturated heterocycles. The second kappa shape index (κ2) is 6.58. The molecular weight excluding hydrogens is 368 g/mol. The number of hydrogen-bond donors (Lipinski definition) is 1. The molecule has 0 amide bonds. The van der Waals surface area contributed by atoms with Crippen molar-refractivity contribution in [3.63, 3.8) is 0 Å². The zero-order chi connectivity index (χ0) is 19.1. The van der Waals surface area contributed by atoms with Gasteiger partial charge in [-0.05, 0) is 42.3 Å². The summed E-state index contributed by atoms with van der Waals surface area (Å²) >= 11 is 1.49. The SMILES string of the molecule is Cc1ccnc(/N=c2\sc(-c3ccccc3)c3c(=O)[nH]c4ccccc4n23)c1. The number of H-pyrrole nitrogens is 1. The van der Waals surface area contributed by atoms with Gasteiger partial charge >= 0.3 is 0 Å². The summed E-state index contributed by atoms with van der Waals surface area (Å²) in [6.45, 7) is 2.01. The molecular formula is C22H16N4OS. The Hall–Kier alpha value is -3.51. The largest absolute Gasteiger partial charge is 0.319 e. The second-order valence-corrected chi connectivity index (χ2v) is 7.52. The Balaban J connectivity index is 1.96. The molecule has 0 aliphatic rings. The summed E-state index contributed by atoms with van der Waals surface area (Å²) in [6.07, 6.45) is 1.75. The number of pyridine rings is 1. The number of fused-ring (bicyclic) bond motifs is 3. The van der Waals surface area contributed by atoms with E-state index in [4.69, 9.17) is 4.99 Å². The highest BCUT2D eigenvalue weighted by molar-refractivity contribution is 7.13. The maximum Gasteiger partial charge on any atom is 0.274 e. The van der Waals surface area contributed by atoms with Crippen LogP contribution in [0.5, 0.6) is 0 Å². The lowest BCUT2D eigenvalue weighted by molar-refractivity contribution is 1.09. The fraction of sp³-hybridized carbons (Fsp3) is 0.0455. The Bertz CT molecular complexity index is 1440. The zero-order valence-electron chi connectivity index (χ0n) is 15.1. The number of nitrogens with zero attached hydrogens (tertiary/aromatic N) is 3. The summed E-state index contributed by atoms with van der Waals surface area (Å²) in [5.41, 5.74) is 4.22. The average molecular weight is 384 g/mol. The molecule has 0 radical (unpaired) electrons. The molecule has 0 saturated carbocycles. The predicted molar refractivity (Wildman–Crippen MR) is 113 cm³/mol. The van der Waals surface area contributed by atoms with Crippen LogP contribution in [-0.4, -0.2) is 14.4 Å². The predicted octanol–water partition coefficient (Wildman–Crippen LogP) is 4.45. The van der Waals surface area contributed by atoms with E-state index in [-0.39, 0.29) is 5.56 Å². The molecule has 0 unspecified atom stereocenters. The second-order valence-electron chi connectivity index (χ2n) is 6.54. The zero-order valence-corrected chi connectivity index (χ0v) is 15.9. The highest BCUT2D eigenvalue weighted by atomic mass is 32.1. The van der Waals surface area contributed by atoms with Crippen LogP contribution in [0.2, 0.25) is 0 Å². The van der Waals surface area contributed by atoms with Crippen molar-refractivity contribution in [3.8, 4) is 10.4 Å². The van der Waals surface area contributed by atoms with Gasteiger partial charge in [0.1, 0.15) is 5.52 Å². The molecule has 0 atom stereocenters. The molecule has 0 aliphatic carbocycles. The van der Waals surface area contributed by atoms with Crippen molar-refractivity contribution in [2.45, 2.75) is 6.92 Å². The van der Waals surface area contributed by atoms with E-state index in [0.717, 1.165) is 27.0 Å². The number of hydrogen-bond acceptors (Lipinski definition) is 4. The third-order valence-electron chi connectivity index (χ3n) is 4.58. The van der Waals surface area contributed by atoms with Crippen LogP contribution in [0.25, 0.3) is 27.0 Å². The molecule has 136 valence electrons. The Labute approximate surface area is 164 Å². The fourth-order valence-corrected chi connectivity index (χ4v) is 4.44. The number of aromatic amines is 1. The molecule has 6 heteroatoms. The van der Waals surface area contributed by atoms with E-state index in [0.29, 0.717) is 16.1 Å². The van der Waals surface area contributed by atoms with Gasteiger partial charge in [-0.2, -0.15) is 0 Å². The van der Waals surface area contributed by atoms with Crippen LogP contribution in [0, 0.1) is 6.92 Å². The average Bonchev–Trinajstić information content (AvgIpc) is 3.09. The molecule has 5 nitrogen and oxygen atoms in total. The van der Waals surface area contributed by atoms with Crippen LogP contribution in [0.3, 0.4) is 0 Å². The normalized spacial score (nSPS) is 12.1. The summed E-state index contributed by atoms with van der Waals surface area (Å²) in [5.74, 6) is 0.625. The van der Waals surface area contributed by atoms with Crippen molar-refractivity contribution in [2.24, 2.45) is 4.99 Å². The molecule has 2 aromatic carbocycles. The number of aromatic nitrogens is 3. The summed E-state index contributed by atoms with van der Waals surface area (Å²) < 4.78 is 1.94.